The van der Waals surface area contributed by atoms with Crippen LogP contribution in [0, 0.1) is 10.1 Å². The van der Waals surface area contributed by atoms with E-state index in [1.54, 1.807) is 18.2 Å². The summed E-state index contributed by atoms with van der Waals surface area (Å²) in [6, 6.07) is 10.0. The summed E-state index contributed by atoms with van der Waals surface area (Å²) in [5.74, 6) is 0.00785. The highest BCUT2D eigenvalue weighted by Crippen LogP contribution is 2.19. The molecule has 1 heterocycles. The van der Waals surface area contributed by atoms with Gasteiger partial charge in [0.25, 0.3) is 11.6 Å². The van der Waals surface area contributed by atoms with E-state index in [4.69, 9.17) is 0 Å². The molecule has 1 aromatic carbocycles. The van der Waals surface area contributed by atoms with Gasteiger partial charge in [0.1, 0.15) is 0 Å². The number of carbonyl (C=O) groups is 1. The zero-order valence-corrected chi connectivity index (χ0v) is 11.7. The quantitative estimate of drug-likeness (QED) is 0.679. The van der Waals surface area contributed by atoms with E-state index in [9.17, 15) is 14.9 Å². The number of nitro groups is 1. The molecule has 1 atom stereocenters. The lowest BCUT2D eigenvalue weighted by Crippen LogP contribution is -2.26. The molecule has 6 heteroatoms. The Kier molecular flexibility index (Phi) is 4.47. The minimum atomic E-state index is -0.424. The van der Waals surface area contributed by atoms with Gasteiger partial charge in [0, 0.05) is 18.7 Å². The van der Waals surface area contributed by atoms with E-state index in [0.717, 1.165) is 5.56 Å². The highest BCUT2D eigenvalue weighted by molar-refractivity contribution is 7.12. The third-order valence-electron chi connectivity index (χ3n) is 2.99. The van der Waals surface area contributed by atoms with Crippen molar-refractivity contribution in [1.82, 2.24) is 5.32 Å². The molecule has 0 aliphatic rings. The Bertz CT molecular complexity index is 593. The highest BCUT2D eigenvalue weighted by atomic mass is 32.1. The number of hydrogen-bond acceptors (Lipinski definition) is 4. The monoisotopic (exact) mass is 290 g/mol. The van der Waals surface area contributed by atoms with Crippen LogP contribution in [0.2, 0.25) is 0 Å². The van der Waals surface area contributed by atoms with Crippen LogP contribution in [0.25, 0.3) is 0 Å². The van der Waals surface area contributed by atoms with Crippen LogP contribution >= 0.6 is 11.3 Å². The number of thiophene rings is 1. The summed E-state index contributed by atoms with van der Waals surface area (Å²) >= 11 is 1.40. The number of nitrogens with zero attached hydrogens (tertiary/aromatic N) is 1. The van der Waals surface area contributed by atoms with Gasteiger partial charge in [-0.3, -0.25) is 14.9 Å². The van der Waals surface area contributed by atoms with Crippen LogP contribution in [0.4, 0.5) is 5.69 Å². The van der Waals surface area contributed by atoms with Gasteiger partial charge in [0.2, 0.25) is 0 Å². The number of non-ortho nitro benzene ring substituents is 1. The first-order valence-corrected chi connectivity index (χ1v) is 7.02. The number of hydrogen-bond donors (Lipinski definition) is 1. The lowest BCUT2D eigenvalue weighted by molar-refractivity contribution is -0.384. The van der Waals surface area contributed by atoms with Gasteiger partial charge in [-0.25, -0.2) is 0 Å². The smallest absolute Gasteiger partial charge is 0.269 e. The Hall–Kier alpha value is -2.21. The molecule has 1 amide bonds. The van der Waals surface area contributed by atoms with Crippen molar-refractivity contribution in [2.75, 3.05) is 6.54 Å². The van der Waals surface area contributed by atoms with Crippen molar-refractivity contribution in [2.24, 2.45) is 0 Å². The minimum Gasteiger partial charge on any atom is -0.351 e. The molecular formula is C14H14N2O3S. The first kappa shape index (κ1) is 14.2. The lowest BCUT2D eigenvalue weighted by Gasteiger charge is -2.12. The van der Waals surface area contributed by atoms with Crippen molar-refractivity contribution in [1.29, 1.82) is 0 Å². The lowest BCUT2D eigenvalue weighted by atomic mass is 10.0. The first-order chi connectivity index (χ1) is 9.58. The molecule has 0 aliphatic carbocycles. The molecule has 0 spiro atoms. The van der Waals surface area contributed by atoms with Crippen molar-refractivity contribution >= 4 is 22.9 Å². The van der Waals surface area contributed by atoms with Crippen LogP contribution in [0.15, 0.2) is 41.8 Å². The van der Waals surface area contributed by atoms with E-state index < -0.39 is 4.92 Å². The van der Waals surface area contributed by atoms with Gasteiger partial charge in [-0.15, -0.1) is 11.3 Å². The van der Waals surface area contributed by atoms with Crippen LogP contribution in [0.5, 0.6) is 0 Å². The predicted octanol–water partition coefficient (Wildman–Crippen LogP) is 3.19. The SMILES string of the molecule is C[C@H](CNC(=O)c1cccs1)c1ccc([N+](=O)[O-])cc1. The molecule has 0 bridgehead atoms. The second kappa shape index (κ2) is 6.29. The van der Waals surface area contributed by atoms with Gasteiger partial charge >= 0.3 is 0 Å². The summed E-state index contributed by atoms with van der Waals surface area (Å²) in [5.41, 5.74) is 1.03. The Balaban J connectivity index is 1.93. The van der Waals surface area contributed by atoms with E-state index in [1.165, 1.54) is 23.5 Å². The Morgan fingerprint density at radius 1 is 1.35 bits per heavy atom. The van der Waals surface area contributed by atoms with Crippen molar-refractivity contribution in [3.8, 4) is 0 Å². The Morgan fingerprint density at radius 3 is 2.60 bits per heavy atom. The van der Waals surface area contributed by atoms with Crippen molar-refractivity contribution in [2.45, 2.75) is 12.8 Å². The van der Waals surface area contributed by atoms with Gasteiger partial charge in [-0.05, 0) is 22.9 Å². The molecule has 20 heavy (non-hydrogen) atoms. The number of benzene rings is 1. The van der Waals surface area contributed by atoms with E-state index >= 15 is 0 Å². The zero-order valence-electron chi connectivity index (χ0n) is 10.9. The van der Waals surface area contributed by atoms with Crippen LogP contribution in [0.3, 0.4) is 0 Å². The molecular weight excluding hydrogens is 276 g/mol. The van der Waals surface area contributed by atoms with Gasteiger partial charge in [0.15, 0.2) is 0 Å². The third kappa shape index (κ3) is 3.42. The second-order valence-electron chi connectivity index (χ2n) is 4.44. The predicted molar refractivity (Wildman–Crippen MR) is 78.2 cm³/mol. The molecule has 0 aliphatic heterocycles. The van der Waals surface area contributed by atoms with E-state index in [2.05, 4.69) is 5.32 Å². The van der Waals surface area contributed by atoms with Crippen molar-refractivity contribution in [3.63, 3.8) is 0 Å². The average molecular weight is 290 g/mol. The van der Waals surface area contributed by atoms with Crippen LogP contribution in [0.1, 0.15) is 28.1 Å². The maximum atomic E-state index is 11.8. The van der Waals surface area contributed by atoms with Gasteiger partial charge in [0.05, 0.1) is 9.80 Å². The number of nitro benzene ring substituents is 1. The number of nitrogens with one attached hydrogen (secondary N) is 1. The fraction of sp³-hybridized carbons (Fsp3) is 0.214. The molecule has 104 valence electrons. The third-order valence-corrected chi connectivity index (χ3v) is 3.86. The molecule has 5 nitrogen and oxygen atoms in total. The molecule has 1 N–H and O–H groups in total. The van der Waals surface area contributed by atoms with E-state index in [-0.39, 0.29) is 17.5 Å². The summed E-state index contributed by atoms with van der Waals surface area (Å²) in [4.78, 5) is 22.6. The molecule has 0 radical (unpaired) electrons. The molecule has 0 fully saturated rings. The minimum absolute atomic E-state index is 0.0728. The molecule has 2 rings (SSSR count). The average Bonchev–Trinajstić information content (AvgIpc) is 2.98. The normalized spacial score (nSPS) is 11.8. The maximum Gasteiger partial charge on any atom is 0.269 e. The number of carbonyl (C=O) groups excluding carboxylic acids is 1. The van der Waals surface area contributed by atoms with Gasteiger partial charge in [-0.2, -0.15) is 0 Å². The van der Waals surface area contributed by atoms with Crippen LogP contribution < -0.4 is 5.32 Å². The molecule has 0 saturated heterocycles. The first-order valence-electron chi connectivity index (χ1n) is 6.14. The zero-order chi connectivity index (χ0) is 14.5. The summed E-state index contributed by atoms with van der Waals surface area (Å²) < 4.78 is 0. The van der Waals surface area contributed by atoms with E-state index in [1.807, 2.05) is 18.4 Å². The second-order valence-corrected chi connectivity index (χ2v) is 5.38. The summed E-state index contributed by atoms with van der Waals surface area (Å²) in [5, 5.41) is 15.3. The summed E-state index contributed by atoms with van der Waals surface area (Å²) in [7, 11) is 0. The molecule has 0 saturated carbocycles. The van der Waals surface area contributed by atoms with Gasteiger partial charge in [-0.1, -0.05) is 25.1 Å². The molecule has 1 aromatic heterocycles. The van der Waals surface area contributed by atoms with Crippen molar-refractivity contribution in [3.05, 3.63) is 62.3 Å². The fourth-order valence-electron chi connectivity index (χ4n) is 1.78. The van der Waals surface area contributed by atoms with Crippen LogP contribution in [-0.2, 0) is 0 Å². The fourth-order valence-corrected chi connectivity index (χ4v) is 2.42. The number of rotatable bonds is 5. The highest BCUT2D eigenvalue weighted by Gasteiger charge is 2.11. The Morgan fingerprint density at radius 2 is 2.05 bits per heavy atom. The molecule has 2 aromatic rings. The van der Waals surface area contributed by atoms with E-state index in [0.29, 0.717) is 11.4 Å². The van der Waals surface area contributed by atoms with Gasteiger partial charge < -0.3 is 5.32 Å². The van der Waals surface area contributed by atoms with Crippen molar-refractivity contribution < 1.29 is 9.72 Å². The standard InChI is InChI=1S/C14H14N2O3S/c1-10(9-15-14(17)13-3-2-8-20-13)11-4-6-12(7-5-11)16(18)19/h2-8,10H,9H2,1H3,(H,15,17)/t10-/m1/s1. The summed E-state index contributed by atoms with van der Waals surface area (Å²) in [6.07, 6.45) is 0. The van der Waals surface area contributed by atoms with Crippen LogP contribution in [-0.4, -0.2) is 17.4 Å². The molecule has 0 unspecified atom stereocenters. The summed E-state index contributed by atoms with van der Waals surface area (Å²) in [6.45, 7) is 2.46. The Labute approximate surface area is 120 Å². The topological polar surface area (TPSA) is 72.2 Å². The number of amides is 1. The largest absolute Gasteiger partial charge is 0.351 e. The maximum absolute atomic E-state index is 11.8.